The Morgan fingerprint density at radius 1 is 1.16 bits per heavy atom. The molecule has 0 bridgehead atoms. The molecule has 0 saturated carbocycles. The van der Waals surface area contributed by atoms with Gasteiger partial charge < -0.3 is 15.0 Å². The van der Waals surface area contributed by atoms with E-state index in [9.17, 15) is 9.59 Å². The lowest BCUT2D eigenvalue weighted by atomic mass is 10.1. The van der Waals surface area contributed by atoms with Crippen LogP contribution in [-0.4, -0.2) is 41.5 Å². The number of hydrogen-bond donors (Lipinski definition) is 1. The molecule has 2 aromatic carbocycles. The molecular formula is C19H20N2O3S. The molecule has 1 saturated heterocycles. The molecule has 1 fully saturated rings. The lowest BCUT2D eigenvalue weighted by Crippen LogP contribution is -2.47. The van der Waals surface area contributed by atoms with Gasteiger partial charge >= 0.3 is 0 Å². The summed E-state index contributed by atoms with van der Waals surface area (Å²) in [6.45, 7) is 0.464. The van der Waals surface area contributed by atoms with Crippen LogP contribution >= 0.6 is 11.8 Å². The number of benzene rings is 2. The van der Waals surface area contributed by atoms with Gasteiger partial charge in [0.1, 0.15) is 11.8 Å². The molecule has 1 atom stereocenters. The standard InChI is InChI=1S/C19H20N2O3S/c1-24-16-9-7-15(8-10-16)19(23)21-13-25-12-17(21)18(22)20-11-14-5-3-2-4-6-14/h2-10,17H,11-13H2,1H3,(H,20,22)/t17-/m1/s1. The van der Waals surface area contributed by atoms with Crippen molar-refractivity contribution in [3.8, 4) is 5.75 Å². The first kappa shape index (κ1) is 17.4. The van der Waals surface area contributed by atoms with Crippen molar-refractivity contribution in [2.75, 3.05) is 18.7 Å². The quantitative estimate of drug-likeness (QED) is 0.894. The SMILES string of the molecule is COc1ccc(C(=O)N2CSC[C@@H]2C(=O)NCc2ccccc2)cc1. The number of nitrogens with one attached hydrogen (secondary N) is 1. The maximum atomic E-state index is 12.7. The van der Waals surface area contributed by atoms with E-state index in [4.69, 9.17) is 4.74 Å². The van der Waals surface area contributed by atoms with Crippen LogP contribution in [0.25, 0.3) is 0 Å². The highest BCUT2D eigenvalue weighted by Gasteiger charge is 2.34. The Hall–Kier alpha value is -2.47. The van der Waals surface area contributed by atoms with E-state index in [-0.39, 0.29) is 11.8 Å². The monoisotopic (exact) mass is 356 g/mol. The van der Waals surface area contributed by atoms with Gasteiger partial charge in [-0.05, 0) is 29.8 Å². The Balaban J connectivity index is 1.64. The molecule has 2 aromatic rings. The third-order valence-corrected chi connectivity index (χ3v) is 5.10. The average molecular weight is 356 g/mol. The van der Waals surface area contributed by atoms with Crippen LogP contribution in [-0.2, 0) is 11.3 Å². The Morgan fingerprint density at radius 3 is 2.56 bits per heavy atom. The fourth-order valence-electron chi connectivity index (χ4n) is 2.66. The van der Waals surface area contributed by atoms with Crippen molar-refractivity contribution in [3.63, 3.8) is 0 Å². The van der Waals surface area contributed by atoms with Crippen molar-refractivity contribution in [1.29, 1.82) is 0 Å². The molecule has 1 heterocycles. The number of amides is 2. The summed E-state index contributed by atoms with van der Waals surface area (Å²) in [6.07, 6.45) is 0. The molecule has 0 radical (unpaired) electrons. The molecule has 5 nitrogen and oxygen atoms in total. The summed E-state index contributed by atoms with van der Waals surface area (Å²) in [5, 5.41) is 2.93. The van der Waals surface area contributed by atoms with Gasteiger partial charge in [0.25, 0.3) is 5.91 Å². The van der Waals surface area contributed by atoms with Gasteiger partial charge in [-0.25, -0.2) is 0 Å². The van der Waals surface area contributed by atoms with E-state index in [1.54, 1.807) is 48.0 Å². The normalized spacial score (nSPS) is 16.5. The summed E-state index contributed by atoms with van der Waals surface area (Å²) >= 11 is 1.59. The van der Waals surface area contributed by atoms with Crippen LogP contribution < -0.4 is 10.1 Å². The van der Waals surface area contributed by atoms with Gasteiger partial charge in [-0.1, -0.05) is 30.3 Å². The van der Waals surface area contributed by atoms with Crippen LogP contribution in [0.4, 0.5) is 0 Å². The third-order valence-electron chi connectivity index (χ3n) is 4.09. The maximum Gasteiger partial charge on any atom is 0.255 e. The van der Waals surface area contributed by atoms with Crippen LogP contribution in [0.3, 0.4) is 0 Å². The van der Waals surface area contributed by atoms with Gasteiger partial charge in [0.15, 0.2) is 0 Å². The van der Waals surface area contributed by atoms with Crippen molar-refractivity contribution in [1.82, 2.24) is 10.2 Å². The fraction of sp³-hybridized carbons (Fsp3) is 0.263. The zero-order valence-corrected chi connectivity index (χ0v) is 14.8. The predicted octanol–water partition coefficient (Wildman–Crippen LogP) is 2.53. The van der Waals surface area contributed by atoms with Gasteiger partial charge in [0.05, 0.1) is 13.0 Å². The van der Waals surface area contributed by atoms with Crippen molar-refractivity contribution < 1.29 is 14.3 Å². The topological polar surface area (TPSA) is 58.6 Å². The molecule has 1 aliphatic rings. The minimum absolute atomic E-state index is 0.115. The van der Waals surface area contributed by atoms with Gasteiger partial charge in [0.2, 0.25) is 5.91 Å². The Morgan fingerprint density at radius 2 is 1.88 bits per heavy atom. The van der Waals surface area contributed by atoms with Gasteiger partial charge in [-0.2, -0.15) is 0 Å². The molecule has 1 aliphatic heterocycles. The molecular weight excluding hydrogens is 336 g/mol. The predicted molar refractivity (Wildman–Crippen MR) is 98.6 cm³/mol. The van der Waals surface area contributed by atoms with Crippen molar-refractivity contribution in [2.45, 2.75) is 12.6 Å². The van der Waals surface area contributed by atoms with E-state index in [1.165, 1.54) is 0 Å². The van der Waals surface area contributed by atoms with E-state index >= 15 is 0 Å². The summed E-state index contributed by atoms with van der Waals surface area (Å²) < 4.78 is 5.11. The second-order valence-corrected chi connectivity index (χ2v) is 6.72. The molecule has 3 rings (SSSR count). The number of methoxy groups -OCH3 is 1. The van der Waals surface area contributed by atoms with E-state index in [0.717, 1.165) is 5.56 Å². The first-order chi connectivity index (χ1) is 12.2. The Kier molecular flexibility index (Phi) is 5.60. The minimum Gasteiger partial charge on any atom is -0.497 e. The average Bonchev–Trinajstić information content (AvgIpc) is 3.16. The molecule has 0 aliphatic carbocycles. The maximum absolute atomic E-state index is 12.7. The number of carbonyl (C=O) groups is 2. The third kappa shape index (κ3) is 4.14. The minimum atomic E-state index is -0.441. The Bertz CT molecular complexity index is 734. The smallest absolute Gasteiger partial charge is 0.255 e. The number of ether oxygens (including phenoxy) is 1. The number of carbonyl (C=O) groups excluding carboxylic acids is 2. The van der Waals surface area contributed by atoms with E-state index in [1.807, 2.05) is 30.3 Å². The van der Waals surface area contributed by atoms with Crippen LogP contribution in [0.15, 0.2) is 54.6 Å². The highest BCUT2D eigenvalue weighted by Crippen LogP contribution is 2.24. The molecule has 2 amide bonds. The molecule has 0 aromatic heterocycles. The van der Waals surface area contributed by atoms with Gasteiger partial charge in [-0.3, -0.25) is 9.59 Å². The largest absolute Gasteiger partial charge is 0.497 e. The molecule has 6 heteroatoms. The summed E-state index contributed by atoms with van der Waals surface area (Å²) in [5.74, 6) is 1.59. The van der Waals surface area contributed by atoms with Crippen molar-refractivity contribution in [3.05, 3.63) is 65.7 Å². The first-order valence-electron chi connectivity index (χ1n) is 8.03. The van der Waals surface area contributed by atoms with Crippen LogP contribution in [0, 0.1) is 0 Å². The summed E-state index contributed by atoms with van der Waals surface area (Å²) in [4.78, 5) is 26.9. The van der Waals surface area contributed by atoms with Crippen LogP contribution in [0.2, 0.25) is 0 Å². The van der Waals surface area contributed by atoms with Crippen molar-refractivity contribution >= 4 is 23.6 Å². The second-order valence-electron chi connectivity index (χ2n) is 5.72. The Labute approximate surface area is 151 Å². The fourth-order valence-corrected chi connectivity index (χ4v) is 3.82. The second kappa shape index (κ2) is 8.07. The first-order valence-corrected chi connectivity index (χ1v) is 9.19. The van der Waals surface area contributed by atoms with Gasteiger partial charge in [0, 0.05) is 17.9 Å². The number of thioether (sulfide) groups is 1. The zero-order valence-electron chi connectivity index (χ0n) is 14.0. The molecule has 130 valence electrons. The van der Waals surface area contributed by atoms with Crippen molar-refractivity contribution in [2.24, 2.45) is 0 Å². The molecule has 1 N–H and O–H groups in total. The number of rotatable bonds is 5. The lowest BCUT2D eigenvalue weighted by molar-refractivity contribution is -0.124. The van der Waals surface area contributed by atoms with E-state index < -0.39 is 6.04 Å². The number of nitrogens with zero attached hydrogens (tertiary/aromatic N) is 1. The summed E-state index contributed by atoms with van der Waals surface area (Å²) in [6, 6.07) is 16.2. The molecule has 0 unspecified atom stereocenters. The lowest BCUT2D eigenvalue weighted by Gasteiger charge is -2.23. The highest BCUT2D eigenvalue weighted by molar-refractivity contribution is 7.99. The number of hydrogen-bond acceptors (Lipinski definition) is 4. The van der Waals surface area contributed by atoms with Crippen LogP contribution in [0.1, 0.15) is 15.9 Å². The molecule has 25 heavy (non-hydrogen) atoms. The summed E-state index contributed by atoms with van der Waals surface area (Å²) in [7, 11) is 1.58. The zero-order chi connectivity index (χ0) is 17.6. The molecule has 0 spiro atoms. The van der Waals surface area contributed by atoms with Gasteiger partial charge in [-0.15, -0.1) is 11.8 Å². The summed E-state index contributed by atoms with van der Waals surface area (Å²) in [5.41, 5.74) is 1.60. The van der Waals surface area contributed by atoms with E-state index in [2.05, 4.69) is 5.32 Å². The van der Waals surface area contributed by atoms with E-state index in [0.29, 0.717) is 29.5 Å². The highest BCUT2D eigenvalue weighted by atomic mass is 32.2. The van der Waals surface area contributed by atoms with Crippen LogP contribution in [0.5, 0.6) is 5.75 Å².